The van der Waals surface area contributed by atoms with E-state index in [1.165, 1.54) is 18.4 Å². The first-order valence-electron chi connectivity index (χ1n) is 5.85. The lowest BCUT2D eigenvalue weighted by atomic mass is 9.92. The SMILES string of the molecule is NC(=O)c1cccc(CC2CCCNC2)c1. The van der Waals surface area contributed by atoms with Crippen LogP contribution >= 0.6 is 0 Å². The van der Waals surface area contributed by atoms with Crippen LogP contribution in [-0.4, -0.2) is 19.0 Å². The molecule has 3 heteroatoms. The Kier molecular flexibility index (Phi) is 3.57. The quantitative estimate of drug-likeness (QED) is 0.804. The van der Waals surface area contributed by atoms with E-state index in [0.717, 1.165) is 19.5 Å². The molecule has 3 N–H and O–H groups in total. The van der Waals surface area contributed by atoms with Gasteiger partial charge in [0.15, 0.2) is 0 Å². The average molecular weight is 218 g/mol. The zero-order valence-electron chi connectivity index (χ0n) is 9.41. The maximum absolute atomic E-state index is 11.1. The van der Waals surface area contributed by atoms with Gasteiger partial charge in [-0.1, -0.05) is 12.1 Å². The van der Waals surface area contributed by atoms with Crippen molar-refractivity contribution in [2.24, 2.45) is 11.7 Å². The first-order valence-corrected chi connectivity index (χ1v) is 5.85. The summed E-state index contributed by atoms with van der Waals surface area (Å²) >= 11 is 0. The number of amides is 1. The van der Waals surface area contributed by atoms with Crippen LogP contribution in [-0.2, 0) is 6.42 Å². The smallest absolute Gasteiger partial charge is 0.248 e. The molecule has 16 heavy (non-hydrogen) atoms. The second kappa shape index (κ2) is 5.12. The van der Waals surface area contributed by atoms with Crippen LogP contribution in [0.5, 0.6) is 0 Å². The van der Waals surface area contributed by atoms with Crippen LogP contribution < -0.4 is 11.1 Å². The van der Waals surface area contributed by atoms with Crippen molar-refractivity contribution in [3.63, 3.8) is 0 Å². The molecule has 1 aliphatic rings. The number of rotatable bonds is 3. The van der Waals surface area contributed by atoms with Gasteiger partial charge in [0.1, 0.15) is 0 Å². The molecule has 2 rings (SSSR count). The van der Waals surface area contributed by atoms with Crippen LogP contribution in [0, 0.1) is 5.92 Å². The van der Waals surface area contributed by atoms with Crippen LogP contribution in [0.1, 0.15) is 28.8 Å². The number of nitrogens with two attached hydrogens (primary N) is 1. The molecule has 0 aliphatic carbocycles. The average Bonchev–Trinajstić information content (AvgIpc) is 2.30. The number of benzene rings is 1. The molecule has 1 amide bonds. The van der Waals surface area contributed by atoms with Crippen LogP contribution in [0.3, 0.4) is 0 Å². The number of hydrogen-bond acceptors (Lipinski definition) is 2. The minimum atomic E-state index is -0.344. The molecule has 1 fully saturated rings. The normalized spacial score (nSPS) is 20.6. The van der Waals surface area contributed by atoms with Gasteiger partial charge in [0.05, 0.1) is 0 Å². The predicted octanol–water partition coefficient (Wildman–Crippen LogP) is 1.33. The zero-order valence-corrected chi connectivity index (χ0v) is 9.41. The molecule has 0 saturated carbocycles. The summed E-state index contributed by atoms with van der Waals surface area (Å²) in [4.78, 5) is 11.1. The Labute approximate surface area is 96.0 Å². The third-order valence-corrected chi connectivity index (χ3v) is 3.13. The summed E-state index contributed by atoms with van der Waals surface area (Å²) in [7, 11) is 0. The van der Waals surface area contributed by atoms with Crippen molar-refractivity contribution >= 4 is 5.91 Å². The molecular weight excluding hydrogens is 200 g/mol. The highest BCUT2D eigenvalue weighted by Crippen LogP contribution is 2.17. The van der Waals surface area contributed by atoms with Gasteiger partial charge in [0.25, 0.3) is 0 Å². The van der Waals surface area contributed by atoms with E-state index < -0.39 is 0 Å². The Hall–Kier alpha value is -1.35. The van der Waals surface area contributed by atoms with Gasteiger partial charge in [-0.2, -0.15) is 0 Å². The van der Waals surface area contributed by atoms with Gasteiger partial charge < -0.3 is 11.1 Å². The lowest BCUT2D eigenvalue weighted by molar-refractivity contribution is 0.1000. The van der Waals surface area contributed by atoms with E-state index in [9.17, 15) is 4.79 Å². The molecule has 1 aliphatic heterocycles. The van der Waals surface area contributed by atoms with Gasteiger partial charge in [-0.3, -0.25) is 4.79 Å². The van der Waals surface area contributed by atoms with Gasteiger partial charge in [0, 0.05) is 5.56 Å². The molecule has 0 spiro atoms. The van der Waals surface area contributed by atoms with Gasteiger partial charge in [-0.15, -0.1) is 0 Å². The highest BCUT2D eigenvalue weighted by atomic mass is 16.1. The van der Waals surface area contributed by atoms with E-state index in [1.54, 1.807) is 6.07 Å². The maximum Gasteiger partial charge on any atom is 0.248 e. The standard InChI is InChI=1S/C13H18N2O/c14-13(16)12-5-1-3-10(8-12)7-11-4-2-6-15-9-11/h1,3,5,8,11,15H,2,4,6-7,9H2,(H2,14,16). The number of nitrogens with one attached hydrogen (secondary N) is 1. The fraction of sp³-hybridized carbons (Fsp3) is 0.462. The minimum absolute atomic E-state index is 0.344. The molecule has 1 atom stereocenters. The summed E-state index contributed by atoms with van der Waals surface area (Å²) < 4.78 is 0. The summed E-state index contributed by atoms with van der Waals surface area (Å²) in [6.45, 7) is 2.22. The van der Waals surface area contributed by atoms with Gasteiger partial charge in [-0.05, 0) is 56.0 Å². The Balaban J connectivity index is 2.02. The molecule has 1 heterocycles. The van der Waals surface area contributed by atoms with E-state index in [-0.39, 0.29) is 5.91 Å². The van der Waals surface area contributed by atoms with E-state index in [0.29, 0.717) is 11.5 Å². The van der Waals surface area contributed by atoms with Crippen LogP contribution in [0.15, 0.2) is 24.3 Å². The van der Waals surface area contributed by atoms with Crippen molar-refractivity contribution in [3.8, 4) is 0 Å². The summed E-state index contributed by atoms with van der Waals surface area (Å²) in [6.07, 6.45) is 3.56. The highest BCUT2D eigenvalue weighted by Gasteiger charge is 2.13. The molecule has 1 aromatic carbocycles. The van der Waals surface area contributed by atoms with Crippen molar-refractivity contribution in [1.82, 2.24) is 5.32 Å². The minimum Gasteiger partial charge on any atom is -0.366 e. The second-order valence-electron chi connectivity index (χ2n) is 4.48. The largest absolute Gasteiger partial charge is 0.366 e. The Morgan fingerprint density at radius 3 is 3.06 bits per heavy atom. The van der Waals surface area contributed by atoms with Crippen molar-refractivity contribution in [2.45, 2.75) is 19.3 Å². The van der Waals surface area contributed by atoms with Crippen molar-refractivity contribution in [3.05, 3.63) is 35.4 Å². The Morgan fingerprint density at radius 2 is 2.38 bits per heavy atom. The Morgan fingerprint density at radius 1 is 1.50 bits per heavy atom. The summed E-state index contributed by atoms with van der Waals surface area (Å²) in [5, 5.41) is 3.40. The predicted molar refractivity (Wildman–Crippen MR) is 64.3 cm³/mol. The molecule has 1 unspecified atom stereocenters. The van der Waals surface area contributed by atoms with E-state index in [2.05, 4.69) is 11.4 Å². The molecule has 0 aromatic heterocycles. The van der Waals surface area contributed by atoms with Crippen molar-refractivity contribution in [1.29, 1.82) is 0 Å². The lowest BCUT2D eigenvalue weighted by Gasteiger charge is -2.22. The monoisotopic (exact) mass is 218 g/mol. The van der Waals surface area contributed by atoms with Crippen LogP contribution in [0.2, 0.25) is 0 Å². The fourth-order valence-electron chi connectivity index (χ4n) is 2.28. The number of primary amides is 1. The van der Waals surface area contributed by atoms with Crippen molar-refractivity contribution in [2.75, 3.05) is 13.1 Å². The van der Waals surface area contributed by atoms with E-state index >= 15 is 0 Å². The molecule has 86 valence electrons. The van der Waals surface area contributed by atoms with Crippen LogP contribution in [0.4, 0.5) is 0 Å². The third-order valence-electron chi connectivity index (χ3n) is 3.13. The number of carbonyl (C=O) groups is 1. The molecule has 0 radical (unpaired) electrons. The number of piperidine rings is 1. The van der Waals surface area contributed by atoms with Gasteiger partial charge >= 0.3 is 0 Å². The summed E-state index contributed by atoms with van der Waals surface area (Å²) in [5.74, 6) is 0.348. The molecule has 0 bridgehead atoms. The molecular formula is C13H18N2O. The van der Waals surface area contributed by atoms with Gasteiger partial charge in [0.2, 0.25) is 5.91 Å². The second-order valence-corrected chi connectivity index (χ2v) is 4.48. The summed E-state index contributed by atoms with van der Waals surface area (Å²) in [6, 6.07) is 7.66. The number of hydrogen-bond donors (Lipinski definition) is 2. The number of carbonyl (C=O) groups excluding carboxylic acids is 1. The first kappa shape index (κ1) is 11.1. The lowest BCUT2D eigenvalue weighted by Crippen LogP contribution is -2.30. The van der Waals surface area contributed by atoms with E-state index in [4.69, 9.17) is 5.73 Å². The zero-order chi connectivity index (χ0) is 11.4. The molecule has 1 saturated heterocycles. The van der Waals surface area contributed by atoms with E-state index in [1.807, 2.05) is 12.1 Å². The maximum atomic E-state index is 11.1. The fourth-order valence-corrected chi connectivity index (χ4v) is 2.28. The molecule has 3 nitrogen and oxygen atoms in total. The summed E-state index contributed by atoms with van der Waals surface area (Å²) in [5.41, 5.74) is 7.09. The third kappa shape index (κ3) is 2.83. The first-order chi connectivity index (χ1) is 7.75. The van der Waals surface area contributed by atoms with Gasteiger partial charge in [-0.25, -0.2) is 0 Å². The van der Waals surface area contributed by atoms with Crippen LogP contribution in [0.25, 0.3) is 0 Å². The molecule has 1 aromatic rings. The van der Waals surface area contributed by atoms with Crippen molar-refractivity contribution < 1.29 is 4.79 Å². The topological polar surface area (TPSA) is 55.1 Å². The Bertz CT molecular complexity index is 370. The highest BCUT2D eigenvalue weighted by molar-refractivity contribution is 5.92.